The fourth-order valence-electron chi connectivity index (χ4n) is 2.13. The predicted molar refractivity (Wildman–Crippen MR) is 75.5 cm³/mol. The first kappa shape index (κ1) is 12.8. The Bertz CT molecular complexity index is 575. The highest BCUT2D eigenvalue weighted by Crippen LogP contribution is 2.37. The van der Waals surface area contributed by atoms with Crippen LogP contribution in [-0.2, 0) is 6.42 Å². The third-order valence-electron chi connectivity index (χ3n) is 3.44. The molecule has 0 atom stereocenters. The van der Waals surface area contributed by atoms with Crippen LogP contribution in [0, 0.1) is 0 Å². The minimum Gasteiger partial charge on any atom is -0.349 e. The Labute approximate surface area is 117 Å². The molecule has 1 saturated carbocycles. The zero-order valence-corrected chi connectivity index (χ0v) is 11.3. The number of rotatable bonds is 6. The number of nitrogens with zero attached hydrogens (tertiary/aromatic N) is 2. The topological polar surface area (TPSA) is 70.7 Å². The molecule has 2 aromatic rings. The second kappa shape index (κ2) is 5.86. The van der Waals surface area contributed by atoms with Gasteiger partial charge in [-0.2, -0.15) is 0 Å². The number of carbonyl (C=O) groups is 1. The van der Waals surface area contributed by atoms with Gasteiger partial charge in [0.1, 0.15) is 5.82 Å². The molecule has 0 bridgehead atoms. The number of aryl methyl sites for hydroxylation is 1. The van der Waals surface area contributed by atoms with E-state index in [1.54, 1.807) is 0 Å². The maximum atomic E-state index is 11.9. The summed E-state index contributed by atoms with van der Waals surface area (Å²) in [6.45, 7) is 0.640. The molecular weight excluding hydrogens is 252 g/mol. The molecule has 0 saturated heterocycles. The molecule has 0 unspecified atom stereocenters. The second-order valence-electron chi connectivity index (χ2n) is 5.16. The molecule has 0 spiro atoms. The number of hydrogen-bond acceptors (Lipinski definition) is 3. The largest absolute Gasteiger partial charge is 0.349 e. The van der Waals surface area contributed by atoms with Crippen molar-refractivity contribution in [2.75, 3.05) is 6.54 Å². The van der Waals surface area contributed by atoms with Gasteiger partial charge in [0.25, 0.3) is 5.91 Å². The van der Waals surface area contributed by atoms with Gasteiger partial charge in [-0.3, -0.25) is 9.89 Å². The van der Waals surface area contributed by atoms with E-state index in [-0.39, 0.29) is 11.7 Å². The molecule has 1 heterocycles. The van der Waals surface area contributed by atoms with Gasteiger partial charge in [-0.25, -0.2) is 4.98 Å². The number of nitrogens with one attached hydrogen (secondary N) is 2. The number of aromatic amines is 1. The molecule has 5 nitrogen and oxygen atoms in total. The summed E-state index contributed by atoms with van der Waals surface area (Å²) in [4.78, 5) is 16.1. The molecule has 0 radical (unpaired) electrons. The minimum atomic E-state index is -0.193. The molecule has 0 aliphatic heterocycles. The zero-order chi connectivity index (χ0) is 13.8. The molecular formula is C15H18N4O. The Hall–Kier alpha value is -2.17. The maximum Gasteiger partial charge on any atom is 0.290 e. The summed E-state index contributed by atoms with van der Waals surface area (Å²) in [5, 5.41) is 9.67. The van der Waals surface area contributed by atoms with E-state index in [1.807, 2.05) is 18.2 Å². The highest BCUT2D eigenvalue weighted by atomic mass is 16.2. The summed E-state index contributed by atoms with van der Waals surface area (Å²) in [7, 11) is 0. The number of amides is 1. The number of hydrogen-bond donors (Lipinski definition) is 2. The van der Waals surface area contributed by atoms with Crippen LogP contribution in [-0.4, -0.2) is 27.6 Å². The van der Waals surface area contributed by atoms with Crippen molar-refractivity contribution in [3.63, 3.8) is 0 Å². The lowest BCUT2D eigenvalue weighted by Gasteiger charge is -2.02. The molecule has 1 amide bonds. The lowest BCUT2D eigenvalue weighted by Crippen LogP contribution is -2.25. The van der Waals surface area contributed by atoms with E-state index in [1.165, 1.54) is 5.56 Å². The average Bonchev–Trinajstić information content (AvgIpc) is 3.22. The Morgan fingerprint density at radius 3 is 2.85 bits per heavy atom. The van der Waals surface area contributed by atoms with Crippen molar-refractivity contribution < 1.29 is 4.79 Å². The van der Waals surface area contributed by atoms with Crippen molar-refractivity contribution in [2.45, 2.75) is 31.6 Å². The van der Waals surface area contributed by atoms with E-state index in [0.717, 1.165) is 31.5 Å². The Morgan fingerprint density at radius 1 is 1.30 bits per heavy atom. The number of aromatic nitrogens is 3. The standard InChI is InChI=1S/C15H18N4O/c20-15(14-17-13(18-19-14)12-8-9-12)16-10-4-7-11-5-2-1-3-6-11/h1-3,5-6,12H,4,7-10H2,(H,16,20)(H,17,18,19). The zero-order valence-electron chi connectivity index (χ0n) is 11.3. The first-order chi connectivity index (χ1) is 9.83. The first-order valence-corrected chi connectivity index (χ1v) is 7.07. The maximum absolute atomic E-state index is 11.9. The molecule has 1 aliphatic carbocycles. The molecule has 1 aliphatic rings. The Morgan fingerprint density at radius 2 is 2.10 bits per heavy atom. The average molecular weight is 270 g/mol. The van der Waals surface area contributed by atoms with Crippen LogP contribution in [0.25, 0.3) is 0 Å². The summed E-state index contributed by atoms with van der Waals surface area (Å²) in [6.07, 6.45) is 4.17. The quantitative estimate of drug-likeness (QED) is 0.789. The van der Waals surface area contributed by atoms with Gasteiger partial charge in [-0.15, -0.1) is 5.10 Å². The molecule has 5 heteroatoms. The molecule has 3 rings (SSSR count). The summed E-state index contributed by atoms with van der Waals surface area (Å²) < 4.78 is 0. The predicted octanol–water partition coefficient (Wildman–Crippen LogP) is 2.04. The lowest BCUT2D eigenvalue weighted by atomic mass is 10.1. The van der Waals surface area contributed by atoms with Crippen LogP contribution in [0.2, 0.25) is 0 Å². The van der Waals surface area contributed by atoms with Crippen LogP contribution in [0.5, 0.6) is 0 Å². The number of benzene rings is 1. The van der Waals surface area contributed by atoms with Crippen molar-refractivity contribution in [1.29, 1.82) is 0 Å². The third kappa shape index (κ3) is 3.23. The highest BCUT2D eigenvalue weighted by Gasteiger charge is 2.28. The van der Waals surface area contributed by atoms with Crippen LogP contribution >= 0.6 is 0 Å². The Balaban J connectivity index is 1.42. The van der Waals surface area contributed by atoms with Crippen molar-refractivity contribution in [3.8, 4) is 0 Å². The van der Waals surface area contributed by atoms with Crippen LogP contribution in [0.4, 0.5) is 0 Å². The van der Waals surface area contributed by atoms with Crippen LogP contribution in [0.1, 0.15) is 47.2 Å². The van der Waals surface area contributed by atoms with Crippen molar-refractivity contribution in [3.05, 3.63) is 47.5 Å². The van der Waals surface area contributed by atoms with Gasteiger partial charge in [0.05, 0.1) is 0 Å². The number of carbonyl (C=O) groups excluding carboxylic acids is 1. The van der Waals surface area contributed by atoms with Crippen LogP contribution < -0.4 is 5.32 Å². The first-order valence-electron chi connectivity index (χ1n) is 7.07. The van der Waals surface area contributed by atoms with E-state index in [9.17, 15) is 4.79 Å². The second-order valence-corrected chi connectivity index (χ2v) is 5.16. The highest BCUT2D eigenvalue weighted by molar-refractivity contribution is 5.90. The van der Waals surface area contributed by atoms with E-state index < -0.39 is 0 Å². The smallest absolute Gasteiger partial charge is 0.290 e. The summed E-state index contributed by atoms with van der Waals surface area (Å²) in [5.74, 6) is 1.40. The van der Waals surface area contributed by atoms with E-state index in [2.05, 4.69) is 32.6 Å². The molecule has 1 aromatic carbocycles. The van der Waals surface area contributed by atoms with Gasteiger partial charge in [0.15, 0.2) is 0 Å². The van der Waals surface area contributed by atoms with Gasteiger partial charge >= 0.3 is 0 Å². The van der Waals surface area contributed by atoms with Gasteiger partial charge in [0.2, 0.25) is 5.82 Å². The van der Waals surface area contributed by atoms with E-state index in [0.29, 0.717) is 12.5 Å². The fraction of sp³-hybridized carbons (Fsp3) is 0.400. The monoisotopic (exact) mass is 270 g/mol. The van der Waals surface area contributed by atoms with Crippen LogP contribution in [0.3, 0.4) is 0 Å². The number of H-pyrrole nitrogens is 1. The summed E-state index contributed by atoms with van der Waals surface area (Å²) in [6, 6.07) is 10.3. The molecule has 20 heavy (non-hydrogen) atoms. The van der Waals surface area contributed by atoms with Gasteiger partial charge in [-0.05, 0) is 31.2 Å². The molecule has 1 aromatic heterocycles. The van der Waals surface area contributed by atoms with Crippen molar-refractivity contribution in [1.82, 2.24) is 20.5 Å². The van der Waals surface area contributed by atoms with Gasteiger partial charge in [0, 0.05) is 12.5 Å². The van der Waals surface area contributed by atoms with E-state index in [4.69, 9.17) is 0 Å². The Kier molecular flexibility index (Phi) is 3.76. The van der Waals surface area contributed by atoms with E-state index >= 15 is 0 Å². The third-order valence-corrected chi connectivity index (χ3v) is 3.44. The normalized spacial score (nSPS) is 14.2. The lowest BCUT2D eigenvalue weighted by molar-refractivity contribution is 0.0943. The van der Waals surface area contributed by atoms with Gasteiger partial charge in [-0.1, -0.05) is 30.3 Å². The molecule has 104 valence electrons. The summed E-state index contributed by atoms with van der Waals surface area (Å²) >= 11 is 0. The van der Waals surface area contributed by atoms with Crippen molar-refractivity contribution in [2.24, 2.45) is 0 Å². The summed E-state index contributed by atoms with van der Waals surface area (Å²) in [5.41, 5.74) is 1.29. The van der Waals surface area contributed by atoms with Gasteiger partial charge < -0.3 is 5.32 Å². The van der Waals surface area contributed by atoms with Crippen LogP contribution in [0.15, 0.2) is 30.3 Å². The minimum absolute atomic E-state index is 0.193. The molecule has 2 N–H and O–H groups in total. The van der Waals surface area contributed by atoms with Crippen molar-refractivity contribution >= 4 is 5.91 Å². The fourth-order valence-corrected chi connectivity index (χ4v) is 2.13. The molecule has 1 fully saturated rings. The SMILES string of the molecule is O=C(NCCCc1ccccc1)c1n[nH]c(C2CC2)n1.